The third-order valence-electron chi connectivity index (χ3n) is 4.39. The summed E-state index contributed by atoms with van der Waals surface area (Å²) < 4.78 is 5.68. The predicted octanol–water partition coefficient (Wildman–Crippen LogP) is 1.05. The average molecular weight is 376 g/mol. The summed E-state index contributed by atoms with van der Waals surface area (Å²) in [6, 6.07) is 3.70. The molecule has 1 unspecified atom stereocenters. The van der Waals surface area contributed by atoms with Gasteiger partial charge in [0.1, 0.15) is 12.0 Å². The minimum Gasteiger partial charge on any atom is -0.493 e. The molecule has 8 heteroatoms. The smallest absolute Gasteiger partial charge is 0.265 e. The van der Waals surface area contributed by atoms with Gasteiger partial charge in [-0.3, -0.25) is 19.3 Å². The maximum atomic E-state index is 12.8. The third kappa shape index (κ3) is 4.91. The first-order valence-corrected chi connectivity index (χ1v) is 8.99. The van der Waals surface area contributed by atoms with Crippen LogP contribution >= 0.6 is 0 Å². The standard InChI is InChI=1S/C19H24N2O6/c20-16(24)9-8-13(12-23)21-18(25)14-6-5-7-15(17(14)19(21)26)27-11-4-2-1-3-10-22/h5-7,12-13,22H,1-4,8-11H2,(H2,20,24). The van der Waals surface area contributed by atoms with Crippen LogP contribution in [0.1, 0.15) is 59.2 Å². The Bertz CT molecular complexity index is 718. The molecule has 0 fully saturated rings. The zero-order chi connectivity index (χ0) is 19.8. The summed E-state index contributed by atoms with van der Waals surface area (Å²) in [6.07, 6.45) is 3.63. The lowest BCUT2D eigenvalue weighted by Gasteiger charge is -2.20. The van der Waals surface area contributed by atoms with Crippen LogP contribution in [0.5, 0.6) is 5.75 Å². The molecule has 1 atom stereocenters. The number of nitrogens with zero attached hydrogens (tertiary/aromatic N) is 1. The van der Waals surface area contributed by atoms with E-state index in [1.807, 2.05) is 0 Å². The molecule has 0 bridgehead atoms. The van der Waals surface area contributed by atoms with Gasteiger partial charge in [-0.25, -0.2) is 0 Å². The lowest BCUT2D eigenvalue weighted by molar-refractivity contribution is -0.118. The van der Waals surface area contributed by atoms with Crippen LogP contribution in [0.25, 0.3) is 0 Å². The quantitative estimate of drug-likeness (QED) is 0.319. The molecule has 2 rings (SSSR count). The summed E-state index contributed by atoms with van der Waals surface area (Å²) in [4.78, 5) is 48.6. The Kier molecular flexibility index (Phi) is 7.48. The van der Waals surface area contributed by atoms with Gasteiger partial charge >= 0.3 is 0 Å². The number of amides is 3. The topological polar surface area (TPSA) is 127 Å². The van der Waals surface area contributed by atoms with Crippen molar-refractivity contribution >= 4 is 24.0 Å². The number of imide groups is 1. The van der Waals surface area contributed by atoms with Crippen molar-refractivity contribution in [1.82, 2.24) is 4.90 Å². The lowest BCUT2D eigenvalue weighted by atomic mass is 10.1. The average Bonchev–Trinajstić information content (AvgIpc) is 2.91. The van der Waals surface area contributed by atoms with E-state index >= 15 is 0 Å². The molecule has 146 valence electrons. The molecule has 0 saturated heterocycles. The number of hydrogen-bond donors (Lipinski definition) is 2. The summed E-state index contributed by atoms with van der Waals surface area (Å²) in [5, 5.41) is 8.76. The third-order valence-corrected chi connectivity index (χ3v) is 4.39. The van der Waals surface area contributed by atoms with Crippen molar-refractivity contribution in [2.24, 2.45) is 5.73 Å². The van der Waals surface area contributed by atoms with Gasteiger partial charge in [0.2, 0.25) is 5.91 Å². The van der Waals surface area contributed by atoms with Crippen LogP contribution in [0.4, 0.5) is 0 Å². The van der Waals surface area contributed by atoms with Gasteiger partial charge in [0.15, 0.2) is 0 Å². The number of rotatable bonds is 12. The molecular formula is C19H24N2O6. The van der Waals surface area contributed by atoms with Crippen molar-refractivity contribution in [3.8, 4) is 5.75 Å². The largest absolute Gasteiger partial charge is 0.493 e. The first-order chi connectivity index (χ1) is 13.0. The van der Waals surface area contributed by atoms with Crippen molar-refractivity contribution in [3.05, 3.63) is 29.3 Å². The summed E-state index contributed by atoms with van der Waals surface area (Å²) in [5.41, 5.74) is 5.42. The molecule has 1 aromatic carbocycles. The molecule has 3 N–H and O–H groups in total. The van der Waals surface area contributed by atoms with E-state index in [2.05, 4.69) is 0 Å². The Hall–Kier alpha value is -2.74. The SMILES string of the molecule is NC(=O)CCC(C=O)N1C(=O)c2cccc(OCCCCCCO)c2C1=O. The van der Waals surface area contributed by atoms with E-state index in [-0.39, 0.29) is 30.6 Å². The number of aldehydes is 1. The molecule has 1 aliphatic heterocycles. The lowest BCUT2D eigenvalue weighted by Crippen LogP contribution is -2.41. The van der Waals surface area contributed by atoms with Crippen molar-refractivity contribution < 1.29 is 29.0 Å². The second-order valence-electron chi connectivity index (χ2n) is 6.35. The molecule has 0 saturated carbocycles. The molecule has 27 heavy (non-hydrogen) atoms. The summed E-state index contributed by atoms with van der Waals surface area (Å²) in [7, 11) is 0. The van der Waals surface area contributed by atoms with Crippen LogP contribution in [0.2, 0.25) is 0 Å². The van der Waals surface area contributed by atoms with Crippen LogP contribution in [-0.4, -0.2) is 53.3 Å². The second kappa shape index (κ2) is 9.82. The number of aliphatic hydroxyl groups is 1. The monoisotopic (exact) mass is 376 g/mol. The molecule has 0 aromatic heterocycles. The number of aliphatic hydroxyl groups excluding tert-OH is 1. The van der Waals surface area contributed by atoms with Crippen LogP contribution in [0.15, 0.2) is 18.2 Å². The van der Waals surface area contributed by atoms with Crippen LogP contribution in [0.3, 0.4) is 0 Å². The predicted molar refractivity (Wildman–Crippen MR) is 96.3 cm³/mol. The Balaban J connectivity index is 2.10. The molecular weight excluding hydrogens is 352 g/mol. The maximum absolute atomic E-state index is 12.8. The van der Waals surface area contributed by atoms with E-state index in [9.17, 15) is 19.2 Å². The number of carbonyl (C=O) groups excluding carboxylic acids is 4. The van der Waals surface area contributed by atoms with Gasteiger partial charge < -0.3 is 20.4 Å². The van der Waals surface area contributed by atoms with Gasteiger partial charge in [-0.15, -0.1) is 0 Å². The van der Waals surface area contributed by atoms with Gasteiger partial charge in [0.25, 0.3) is 11.8 Å². The van der Waals surface area contributed by atoms with Crippen LogP contribution in [0, 0.1) is 0 Å². The van der Waals surface area contributed by atoms with E-state index in [0.717, 1.165) is 30.6 Å². The van der Waals surface area contributed by atoms with E-state index < -0.39 is 23.8 Å². The van der Waals surface area contributed by atoms with Crippen molar-refractivity contribution in [3.63, 3.8) is 0 Å². The van der Waals surface area contributed by atoms with Gasteiger partial charge in [-0.1, -0.05) is 12.5 Å². The van der Waals surface area contributed by atoms with Crippen molar-refractivity contribution in [2.45, 2.75) is 44.6 Å². The first kappa shape index (κ1) is 20.6. The van der Waals surface area contributed by atoms with E-state index in [1.165, 1.54) is 6.07 Å². The van der Waals surface area contributed by atoms with Gasteiger partial charge in [0.05, 0.1) is 23.8 Å². The Morgan fingerprint density at radius 2 is 1.93 bits per heavy atom. The number of unbranched alkanes of at least 4 members (excludes halogenated alkanes) is 3. The molecule has 1 aliphatic rings. The number of nitrogens with two attached hydrogens (primary N) is 1. The van der Waals surface area contributed by atoms with Gasteiger partial charge in [-0.05, 0) is 37.8 Å². The van der Waals surface area contributed by atoms with Gasteiger partial charge in [0, 0.05) is 13.0 Å². The fourth-order valence-electron chi connectivity index (χ4n) is 2.99. The first-order valence-electron chi connectivity index (χ1n) is 8.99. The molecule has 1 heterocycles. The molecule has 0 radical (unpaired) electrons. The maximum Gasteiger partial charge on any atom is 0.265 e. The van der Waals surface area contributed by atoms with E-state index in [0.29, 0.717) is 18.6 Å². The highest BCUT2D eigenvalue weighted by molar-refractivity contribution is 6.23. The van der Waals surface area contributed by atoms with Crippen molar-refractivity contribution in [1.29, 1.82) is 0 Å². The zero-order valence-electron chi connectivity index (χ0n) is 15.1. The Morgan fingerprint density at radius 1 is 1.19 bits per heavy atom. The number of primary amides is 1. The van der Waals surface area contributed by atoms with Crippen LogP contribution in [-0.2, 0) is 9.59 Å². The van der Waals surface area contributed by atoms with E-state index in [1.54, 1.807) is 12.1 Å². The fraction of sp³-hybridized carbons (Fsp3) is 0.474. The summed E-state index contributed by atoms with van der Waals surface area (Å²) in [5.74, 6) is -1.49. The molecule has 0 spiro atoms. The molecule has 1 aromatic rings. The number of benzene rings is 1. The van der Waals surface area contributed by atoms with Gasteiger partial charge in [-0.2, -0.15) is 0 Å². The second-order valence-corrected chi connectivity index (χ2v) is 6.35. The van der Waals surface area contributed by atoms with Crippen LogP contribution < -0.4 is 10.5 Å². The van der Waals surface area contributed by atoms with E-state index in [4.69, 9.17) is 15.6 Å². The minimum atomic E-state index is -1.05. The highest BCUT2D eigenvalue weighted by Crippen LogP contribution is 2.32. The normalized spacial score (nSPS) is 14.2. The zero-order valence-corrected chi connectivity index (χ0v) is 15.1. The molecule has 8 nitrogen and oxygen atoms in total. The highest BCUT2D eigenvalue weighted by Gasteiger charge is 2.41. The Morgan fingerprint density at radius 3 is 2.59 bits per heavy atom. The number of carbonyl (C=O) groups is 4. The molecule has 3 amide bonds. The highest BCUT2D eigenvalue weighted by atomic mass is 16.5. The number of ether oxygens (including phenoxy) is 1. The Labute approximate surface area is 157 Å². The summed E-state index contributed by atoms with van der Waals surface area (Å²) >= 11 is 0. The number of hydrogen-bond acceptors (Lipinski definition) is 6. The number of fused-ring (bicyclic) bond motifs is 1. The fourth-order valence-corrected chi connectivity index (χ4v) is 2.99. The summed E-state index contributed by atoms with van der Waals surface area (Å²) in [6.45, 7) is 0.537. The van der Waals surface area contributed by atoms with Crippen molar-refractivity contribution in [2.75, 3.05) is 13.2 Å². The molecule has 0 aliphatic carbocycles. The minimum absolute atomic E-state index is 0.00858.